The summed E-state index contributed by atoms with van der Waals surface area (Å²) in [4.78, 5) is 2.67. The van der Waals surface area contributed by atoms with Crippen molar-refractivity contribution in [1.29, 1.82) is 0 Å². The Hall–Kier alpha value is -1.79. The van der Waals surface area contributed by atoms with Gasteiger partial charge in [0.2, 0.25) is 5.89 Å². The quantitative estimate of drug-likeness (QED) is 0.775. The highest BCUT2D eigenvalue weighted by Gasteiger charge is 2.30. The van der Waals surface area contributed by atoms with E-state index in [1.165, 1.54) is 45.2 Å². The summed E-state index contributed by atoms with van der Waals surface area (Å²) in [5.74, 6) is 2.54. The third-order valence-electron chi connectivity index (χ3n) is 6.59. The van der Waals surface area contributed by atoms with Gasteiger partial charge in [0.15, 0.2) is 0 Å². The number of rotatable bonds is 4. The number of likely N-dealkylation sites (tertiary alicyclic amines) is 1. The van der Waals surface area contributed by atoms with E-state index < -0.39 is 0 Å². The normalized spacial score (nSPS) is 21.2. The third kappa shape index (κ3) is 3.37. The highest BCUT2D eigenvalue weighted by molar-refractivity contribution is 6.33. The molecule has 1 saturated heterocycles. The van der Waals surface area contributed by atoms with Gasteiger partial charge < -0.3 is 19.8 Å². The number of benzene rings is 1. The molecule has 0 spiro atoms. The van der Waals surface area contributed by atoms with Gasteiger partial charge in [-0.15, -0.1) is 10.2 Å². The van der Waals surface area contributed by atoms with Crippen LogP contribution in [0, 0.1) is 5.92 Å². The summed E-state index contributed by atoms with van der Waals surface area (Å²) in [6.45, 7) is 3.07. The fourth-order valence-electron chi connectivity index (χ4n) is 4.66. The lowest BCUT2D eigenvalue weighted by Crippen LogP contribution is -2.45. The second-order valence-electron chi connectivity index (χ2n) is 8.35. The van der Waals surface area contributed by atoms with Crippen molar-refractivity contribution >= 4 is 17.3 Å². The van der Waals surface area contributed by atoms with Crippen LogP contribution in [0.25, 0.3) is 11.5 Å². The van der Waals surface area contributed by atoms with Gasteiger partial charge in [-0.3, -0.25) is 0 Å². The maximum atomic E-state index is 6.34. The number of fused-ring (bicyclic) bond motifs is 1. The van der Waals surface area contributed by atoms with Crippen LogP contribution in [-0.2, 0) is 12.8 Å². The summed E-state index contributed by atoms with van der Waals surface area (Å²) in [6.07, 6.45) is 9.22. The van der Waals surface area contributed by atoms with Crippen LogP contribution in [0.1, 0.15) is 50.0 Å². The average Bonchev–Trinajstić information content (AvgIpc) is 3.13. The van der Waals surface area contributed by atoms with Crippen molar-refractivity contribution in [2.45, 2.75) is 57.4 Å². The predicted molar refractivity (Wildman–Crippen MR) is 109 cm³/mol. The number of hydrogen-bond donors (Lipinski definition) is 1. The van der Waals surface area contributed by atoms with Gasteiger partial charge >= 0.3 is 0 Å². The van der Waals surface area contributed by atoms with E-state index in [1.54, 1.807) is 6.07 Å². The van der Waals surface area contributed by atoms with Gasteiger partial charge in [0.05, 0.1) is 22.9 Å². The van der Waals surface area contributed by atoms with Crippen LogP contribution in [0.3, 0.4) is 0 Å². The number of hydrogen-bond acceptors (Lipinski definition) is 6. The van der Waals surface area contributed by atoms with Gasteiger partial charge in [-0.1, -0.05) is 18.0 Å². The first-order chi connectivity index (χ1) is 13.7. The van der Waals surface area contributed by atoms with E-state index in [0.717, 1.165) is 42.2 Å². The number of nitrogen functional groups attached to an aromatic ring is 1. The lowest BCUT2D eigenvalue weighted by molar-refractivity contribution is 0.0832. The lowest BCUT2D eigenvalue weighted by Gasteiger charge is -2.41. The van der Waals surface area contributed by atoms with E-state index >= 15 is 0 Å². The first-order valence-corrected chi connectivity index (χ1v) is 10.9. The molecule has 2 aromatic rings. The molecule has 6 nitrogen and oxygen atoms in total. The third-order valence-corrected chi connectivity index (χ3v) is 6.90. The standard InChI is InChI=1S/C21H27ClN4O2/c22-17-12-16(20-15(19(17)23)5-2-10-27-20)21-25-24-18(28-21)11-13-6-8-26(9-7-13)14-3-1-4-14/h12-14H,1-11,23H2. The second-order valence-corrected chi connectivity index (χ2v) is 8.76. The summed E-state index contributed by atoms with van der Waals surface area (Å²) in [7, 11) is 0. The Labute approximate surface area is 170 Å². The number of halogens is 1. The molecular weight excluding hydrogens is 376 g/mol. The van der Waals surface area contributed by atoms with Crippen LogP contribution in [0.15, 0.2) is 10.5 Å². The number of nitrogens with zero attached hydrogens (tertiary/aromatic N) is 3. The molecule has 1 aromatic carbocycles. The Balaban J connectivity index is 1.30. The van der Waals surface area contributed by atoms with Gasteiger partial charge in [0, 0.05) is 18.0 Å². The maximum absolute atomic E-state index is 6.34. The molecule has 1 saturated carbocycles. The molecule has 2 fully saturated rings. The highest BCUT2D eigenvalue weighted by Crippen LogP contribution is 2.42. The Morgan fingerprint density at radius 1 is 1.14 bits per heavy atom. The van der Waals surface area contributed by atoms with Crippen molar-refractivity contribution in [1.82, 2.24) is 15.1 Å². The zero-order chi connectivity index (χ0) is 19.1. The molecule has 2 N–H and O–H groups in total. The number of aromatic nitrogens is 2. The molecule has 3 heterocycles. The van der Waals surface area contributed by atoms with Gasteiger partial charge in [0.25, 0.3) is 5.89 Å². The molecule has 1 aliphatic carbocycles. The molecule has 150 valence electrons. The van der Waals surface area contributed by atoms with Gasteiger partial charge in [-0.2, -0.15) is 0 Å². The molecule has 5 rings (SSSR count). The minimum atomic E-state index is 0.474. The molecule has 2 aliphatic heterocycles. The largest absolute Gasteiger partial charge is 0.492 e. The molecule has 28 heavy (non-hydrogen) atoms. The first-order valence-electron chi connectivity index (χ1n) is 10.5. The fourth-order valence-corrected chi connectivity index (χ4v) is 4.88. The van der Waals surface area contributed by atoms with Crippen LogP contribution in [0.2, 0.25) is 5.02 Å². The van der Waals surface area contributed by atoms with E-state index in [9.17, 15) is 0 Å². The summed E-state index contributed by atoms with van der Waals surface area (Å²) in [5.41, 5.74) is 8.45. The molecule has 0 amide bonds. The minimum absolute atomic E-state index is 0.474. The highest BCUT2D eigenvalue weighted by atomic mass is 35.5. The average molecular weight is 403 g/mol. The summed E-state index contributed by atoms with van der Waals surface area (Å²) in [6, 6.07) is 2.63. The molecule has 0 atom stereocenters. The SMILES string of the molecule is Nc1c(Cl)cc(-c2nnc(CC3CCN(C4CCC4)CC3)o2)c2c1CCCO2. The van der Waals surface area contributed by atoms with Crippen molar-refractivity contribution in [3.8, 4) is 17.2 Å². The molecular formula is C21H27ClN4O2. The summed E-state index contributed by atoms with van der Waals surface area (Å²) < 4.78 is 11.9. The molecule has 3 aliphatic rings. The zero-order valence-electron chi connectivity index (χ0n) is 16.1. The van der Waals surface area contributed by atoms with E-state index in [1.807, 2.05) is 0 Å². The topological polar surface area (TPSA) is 77.4 Å². The van der Waals surface area contributed by atoms with E-state index in [-0.39, 0.29) is 0 Å². The van der Waals surface area contributed by atoms with Gasteiger partial charge in [-0.05, 0) is 63.6 Å². The Bertz CT molecular complexity index is 856. The van der Waals surface area contributed by atoms with Crippen LogP contribution >= 0.6 is 11.6 Å². The maximum Gasteiger partial charge on any atom is 0.251 e. The molecule has 0 bridgehead atoms. The first kappa shape index (κ1) is 18.3. The number of anilines is 1. The number of nitrogens with two attached hydrogens (primary N) is 1. The fraction of sp³-hybridized carbons (Fsp3) is 0.619. The Morgan fingerprint density at radius 3 is 2.71 bits per heavy atom. The molecule has 0 unspecified atom stereocenters. The van der Waals surface area contributed by atoms with E-state index in [4.69, 9.17) is 26.5 Å². The van der Waals surface area contributed by atoms with Crippen LogP contribution < -0.4 is 10.5 Å². The van der Waals surface area contributed by atoms with Crippen LogP contribution in [0.5, 0.6) is 5.75 Å². The number of piperidine rings is 1. The van der Waals surface area contributed by atoms with Gasteiger partial charge in [0.1, 0.15) is 5.75 Å². The van der Waals surface area contributed by atoms with Crippen LogP contribution in [-0.4, -0.2) is 40.8 Å². The molecule has 0 radical (unpaired) electrons. The van der Waals surface area contributed by atoms with Crippen molar-refractivity contribution in [3.05, 3.63) is 22.5 Å². The van der Waals surface area contributed by atoms with Gasteiger partial charge in [-0.25, -0.2) is 0 Å². The van der Waals surface area contributed by atoms with Crippen molar-refractivity contribution < 1.29 is 9.15 Å². The van der Waals surface area contributed by atoms with E-state index in [0.29, 0.717) is 35.0 Å². The van der Waals surface area contributed by atoms with Crippen molar-refractivity contribution in [3.63, 3.8) is 0 Å². The smallest absolute Gasteiger partial charge is 0.251 e. The van der Waals surface area contributed by atoms with Crippen molar-refractivity contribution in [2.24, 2.45) is 5.92 Å². The monoisotopic (exact) mass is 402 g/mol. The lowest BCUT2D eigenvalue weighted by atomic mass is 9.87. The minimum Gasteiger partial charge on any atom is -0.492 e. The Kier molecular flexibility index (Phi) is 4.93. The summed E-state index contributed by atoms with van der Waals surface area (Å²) >= 11 is 6.34. The zero-order valence-corrected chi connectivity index (χ0v) is 16.9. The molecule has 1 aromatic heterocycles. The predicted octanol–water partition coefficient (Wildman–Crippen LogP) is 4.10. The van der Waals surface area contributed by atoms with Crippen molar-refractivity contribution in [2.75, 3.05) is 25.4 Å². The summed E-state index contributed by atoms with van der Waals surface area (Å²) in [5, 5.41) is 9.11. The molecule has 7 heteroatoms. The second kappa shape index (κ2) is 7.56. The number of ether oxygens (including phenoxy) is 1. The Morgan fingerprint density at radius 2 is 1.96 bits per heavy atom. The van der Waals surface area contributed by atoms with E-state index in [2.05, 4.69) is 15.1 Å². The van der Waals surface area contributed by atoms with Crippen LogP contribution in [0.4, 0.5) is 5.69 Å².